The molecule has 1 heterocycles. The molecule has 0 amide bonds. The molecule has 76 valence electrons. The lowest BCUT2D eigenvalue weighted by molar-refractivity contribution is 0.514. The first-order chi connectivity index (χ1) is 5.22. The van der Waals surface area contributed by atoms with Gasteiger partial charge in [0.05, 0.1) is 0 Å². The van der Waals surface area contributed by atoms with Crippen LogP contribution in [-0.4, -0.2) is 4.98 Å². The smallest absolute Gasteiger partial charge is 0.0319 e. The topological polar surface area (TPSA) is 38.9 Å². The van der Waals surface area contributed by atoms with Crippen LogP contribution in [0, 0.1) is 5.92 Å². The fourth-order valence-corrected chi connectivity index (χ4v) is 0.971. The summed E-state index contributed by atoms with van der Waals surface area (Å²) in [5, 5.41) is 0. The van der Waals surface area contributed by atoms with Crippen LogP contribution in [0.2, 0.25) is 0 Å². The van der Waals surface area contributed by atoms with Gasteiger partial charge >= 0.3 is 0 Å². The minimum atomic E-state index is 0. The van der Waals surface area contributed by atoms with Crippen LogP contribution in [0.4, 0.5) is 0 Å². The van der Waals surface area contributed by atoms with Gasteiger partial charge in [0.15, 0.2) is 0 Å². The summed E-state index contributed by atoms with van der Waals surface area (Å²) < 4.78 is 0. The third-order valence-corrected chi connectivity index (χ3v) is 1.81. The Morgan fingerprint density at radius 2 is 1.62 bits per heavy atom. The van der Waals surface area contributed by atoms with E-state index >= 15 is 0 Å². The van der Waals surface area contributed by atoms with E-state index in [9.17, 15) is 0 Å². The first kappa shape index (κ1) is 15.2. The van der Waals surface area contributed by atoms with Gasteiger partial charge in [-0.3, -0.25) is 4.98 Å². The van der Waals surface area contributed by atoms with Crippen molar-refractivity contribution in [2.75, 3.05) is 0 Å². The molecule has 1 rings (SSSR count). The summed E-state index contributed by atoms with van der Waals surface area (Å²) in [6.45, 7) is 4.23. The summed E-state index contributed by atoms with van der Waals surface area (Å²) >= 11 is 0. The average molecular weight is 223 g/mol. The Morgan fingerprint density at radius 1 is 1.15 bits per heavy atom. The molecular weight excluding hydrogens is 207 g/mol. The highest BCUT2D eigenvalue weighted by Crippen LogP contribution is 2.16. The van der Waals surface area contributed by atoms with Crippen LogP contribution in [0.3, 0.4) is 0 Å². The molecule has 0 saturated carbocycles. The molecule has 0 bridgehead atoms. The van der Waals surface area contributed by atoms with Crippen LogP contribution in [-0.2, 0) is 0 Å². The van der Waals surface area contributed by atoms with E-state index in [-0.39, 0.29) is 30.9 Å². The van der Waals surface area contributed by atoms with Gasteiger partial charge in [0.2, 0.25) is 0 Å². The molecule has 0 radical (unpaired) electrons. The third-order valence-electron chi connectivity index (χ3n) is 1.81. The Kier molecular flexibility index (Phi) is 8.32. The first-order valence-electron chi connectivity index (χ1n) is 3.87. The zero-order valence-corrected chi connectivity index (χ0v) is 9.44. The third kappa shape index (κ3) is 4.46. The number of rotatable bonds is 2. The zero-order chi connectivity index (χ0) is 8.27. The molecule has 1 unspecified atom stereocenters. The number of hydrogen-bond donors (Lipinski definition) is 1. The lowest BCUT2D eigenvalue weighted by Gasteiger charge is -2.14. The van der Waals surface area contributed by atoms with Crippen molar-refractivity contribution < 1.29 is 0 Å². The zero-order valence-electron chi connectivity index (χ0n) is 7.81. The van der Waals surface area contributed by atoms with Gasteiger partial charge in [-0.2, -0.15) is 0 Å². The molecule has 13 heavy (non-hydrogen) atoms. The van der Waals surface area contributed by atoms with Crippen molar-refractivity contribution in [3.05, 3.63) is 30.1 Å². The number of halogens is 2. The SMILES string of the molecule is CC(C)C(N)c1ccncc1.Cl.Cl. The Bertz CT molecular complexity index is 214. The fraction of sp³-hybridized carbons (Fsp3) is 0.444. The van der Waals surface area contributed by atoms with Gasteiger partial charge in [-0.15, -0.1) is 24.8 Å². The number of nitrogens with two attached hydrogens (primary N) is 1. The summed E-state index contributed by atoms with van der Waals surface area (Å²) in [5.41, 5.74) is 7.07. The van der Waals surface area contributed by atoms with Crippen molar-refractivity contribution in [1.82, 2.24) is 4.98 Å². The summed E-state index contributed by atoms with van der Waals surface area (Å²) in [5.74, 6) is 0.484. The van der Waals surface area contributed by atoms with Gasteiger partial charge in [0.25, 0.3) is 0 Å². The van der Waals surface area contributed by atoms with Crippen molar-refractivity contribution in [2.24, 2.45) is 11.7 Å². The molecular formula is C9H16Cl2N2. The second kappa shape index (κ2) is 7.13. The molecule has 0 aliphatic carbocycles. The molecule has 0 aromatic carbocycles. The quantitative estimate of drug-likeness (QED) is 0.836. The normalized spacial score (nSPS) is 11.4. The lowest BCUT2D eigenvalue weighted by Crippen LogP contribution is -2.16. The van der Waals surface area contributed by atoms with Crippen molar-refractivity contribution in [3.8, 4) is 0 Å². The van der Waals surface area contributed by atoms with Crippen LogP contribution >= 0.6 is 24.8 Å². The molecule has 2 nitrogen and oxygen atoms in total. The Labute approximate surface area is 91.8 Å². The average Bonchev–Trinajstić information content (AvgIpc) is 2.05. The maximum atomic E-state index is 5.91. The fourth-order valence-electron chi connectivity index (χ4n) is 0.971. The van der Waals surface area contributed by atoms with E-state index < -0.39 is 0 Å². The number of pyridine rings is 1. The Morgan fingerprint density at radius 3 is 2.00 bits per heavy atom. The van der Waals surface area contributed by atoms with Crippen LogP contribution < -0.4 is 5.73 Å². The van der Waals surface area contributed by atoms with Gasteiger partial charge in [0.1, 0.15) is 0 Å². The minimum absolute atomic E-state index is 0. The van der Waals surface area contributed by atoms with Crippen molar-refractivity contribution in [1.29, 1.82) is 0 Å². The van der Waals surface area contributed by atoms with E-state index in [1.54, 1.807) is 12.4 Å². The van der Waals surface area contributed by atoms with E-state index in [1.807, 2.05) is 12.1 Å². The predicted molar refractivity (Wildman–Crippen MR) is 60.5 cm³/mol. The molecule has 4 heteroatoms. The Hall–Kier alpha value is -0.310. The van der Waals surface area contributed by atoms with Gasteiger partial charge in [0, 0.05) is 18.4 Å². The van der Waals surface area contributed by atoms with Crippen molar-refractivity contribution in [2.45, 2.75) is 19.9 Å². The largest absolute Gasteiger partial charge is 0.324 e. The van der Waals surface area contributed by atoms with E-state index in [0.717, 1.165) is 5.56 Å². The van der Waals surface area contributed by atoms with Crippen molar-refractivity contribution in [3.63, 3.8) is 0 Å². The minimum Gasteiger partial charge on any atom is -0.324 e. The monoisotopic (exact) mass is 222 g/mol. The second-order valence-corrected chi connectivity index (χ2v) is 3.05. The second-order valence-electron chi connectivity index (χ2n) is 3.05. The summed E-state index contributed by atoms with van der Waals surface area (Å²) in [6.07, 6.45) is 3.55. The molecule has 0 saturated heterocycles. The van der Waals surface area contributed by atoms with Crippen LogP contribution in [0.5, 0.6) is 0 Å². The summed E-state index contributed by atoms with van der Waals surface area (Å²) in [6, 6.07) is 4.06. The lowest BCUT2D eigenvalue weighted by atomic mass is 9.98. The molecule has 0 spiro atoms. The molecule has 0 fully saturated rings. The molecule has 1 aromatic rings. The molecule has 0 aliphatic rings. The number of hydrogen-bond acceptors (Lipinski definition) is 2. The summed E-state index contributed by atoms with van der Waals surface area (Å²) in [7, 11) is 0. The van der Waals surface area contributed by atoms with E-state index in [0.29, 0.717) is 5.92 Å². The molecule has 2 N–H and O–H groups in total. The number of nitrogens with zero attached hydrogens (tertiary/aromatic N) is 1. The highest BCUT2D eigenvalue weighted by atomic mass is 35.5. The number of aromatic nitrogens is 1. The van der Waals surface area contributed by atoms with Crippen molar-refractivity contribution >= 4 is 24.8 Å². The molecule has 1 atom stereocenters. The maximum absolute atomic E-state index is 5.91. The Balaban J connectivity index is 0. The molecule has 1 aromatic heterocycles. The standard InChI is InChI=1S/C9H14N2.2ClH/c1-7(2)9(10)8-3-5-11-6-4-8;;/h3-7,9H,10H2,1-2H3;2*1H. The van der Waals surface area contributed by atoms with Crippen LogP contribution in [0.15, 0.2) is 24.5 Å². The predicted octanol–water partition coefficient (Wildman–Crippen LogP) is 2.58. The van der Waals surface area contributed by atoms with E-state index in [2.05, 4.69) is 18.8 Å². The highest BCUT2D eigenvalue weighted by molar-refractivity contribution is 5.85. The molecule has 0 aliphatic heterocycles. The highest BCUT2D eigenvalue weighted by Gasteiger charge is 2.08. The first-order valence-corrected chi connectivity index (χ1v) is 3.87. The van der Waals surface area contributed by atoms with Crippen LogP contribution in [0.25, 0.3) is 0 Å². The van der Waals surface area contributed by atoms with Crippen LogP contribution in [0.1, 0.15) is 25.5 Å². The van der Waals surface area contributed by atoms with E-state index in [4.69, 9.17) is 5.73 Å². The summed E-state index contributed by atoms with van der Waals surface area (Å²) in [4.78, 5) is 3.93. The van der Waals surface area contributed by atoms with Gasteiger partial charge < -0.3 is 5.73 Å². The van der Waals surface area contributed by atoms with Gasteiger partial charge in [-0.25, -0.2) is 0 Å². The van der Waals surface area contributed by atoms with Gasteiger partial charge in [-0.1, -0.05) is 13.8 Å². The maximum Gasteiger partial charge on any atom is 0.0319 e. The van der Waals surface area contributed by atoms with Gasteiger partial charge in [-0.05, 0) is 23.6 Å². The van der Waals surface area contributed by atoms with E-state index in [1.165, 1.54) is 0 Å².